The molecule has 220 valence electrons. The lowest BCUT2D eigenvalue weighted by molar-refractivity contribution is -0.141. The molecule has 1 atom stereocenters. The smallest absolute Gasteiger partial charge is 0.244 e. The van der Waals surface area contributed by atoms with Crippen LogP contribution in [0.15, 0.2) is 78.9 Å². The normalized spacial score (nSPS) is 12.3. The highest BCUT2D eigenvalue weighted by Gasteiger charge is 2.33. The lowest BCUT2D eigenvalue weighted by Gasteiger charge is -2.34. The minimum absolute atomic E-state index is 0.167. The van der Waals surface area contributed by atoms with Crippen molar-refractivity contribution in [3.05, 3.63) is 95.6 Å². The number of hydrogen-bond donors (Lipinski definition) is 1. The van der Waals surface area contributed by atoms with E-state index in [1.165, 1.54) is 4.90 Å². The Hall–Kier alpha value is -3.85. The van der Waals surface area contributed by atoms with Gasteiger partial charge in [0.1, 0.15) is 24.9 Å². The van der Waals surface area contributed by atoms with E-state index in [1.54, 1.807) is 24.3 Å². The van der Waals surface area contributed by atoms with Gasteiger partial charge in [-0.1, -0.05) is 67.1 Å². The number of carbonyl (C=O) groups is 2. The van der Waals surface area contributed by atoms with E-state index in [9.17, 15) is 18.0 Å². The molecule has 0 spiro atoms. The Morgan fingerprint density at radius 1 is 0.927 bits per heavy atom. The third kappa shape index (κ3) is 9.63. The molecule has 0 bridgehead atoms. The van der Waals surface area contributed by atoms with Gasteiger partial charge >= 0.3 is 0 Å². The topological polar surface area (TPSA) is 96.0 Å². The third-order valence-corrected chi connectivity index (χ3v) is 7.51. The molecule has 0 saturated heterocycles. The van der Waals surface area contributed by atoms with Crippen molar-refractivity contribution in [2.45, 2.75) is 65.8 Å². The summed E-state index contributed by atoms with van der Waals surface area (Å²) in [5, 5.41) is 2.97. The van der Waals surface area contributed by atoms with Gasteiger partial charge in [-0.15, -0.1) is 0 Å². The van der Waals surface area contributed by atoms with Gasteiger partial charge in [-0.05, 0) is 69.5 Å². The predicted octanol–water partition coefficient (Wildman–Crippen LogP) is 5.06. The number of nitrogens with zero attached hydrogens (tertiary/aromatic N) is 2. The average molecular weight is 580 g/mol. The van der Waals surface area contributed by atoms with E-state index in [0.29, 0.717) is 24.5 Å². The van der Waals surface area contributed by atoms with Crippen molar-refractivity contribution in [1.29, 1.82) is 0 Å². The van der Waals surface area contributed by atoms with Crippen molar-refractivity contribution in [3.63, 3.8) is 0 Å². The van der Waals surface area contributed by atoms with Crippen LogP contribution in [-0.2, 0) is 32.8 Å². The van der Waals surface area contributed by atoms with E-state index >= 15 is 0 Å². The standard InChI is InChI=1S/C32H41N3O5S/c1-7-29(31(37)33-32(3,4)5)34(21-26-15-11-12-24(2)20-26)30(36)22-35(41(6,38)39)27-16-18-28(19-17-27)40-23-25-13-9-8-10-14-25/h8-20,29H,7,21-23H2,1-6H3,(H,33,37). The molecule has 9 heteroatoms. The van der Waals surface area contributed by atoms with Gasteiger partial charge in [0.25, 0.3) is 0 Å². The first-order chi connectivity index (χ1) is 19.3. The van der Waals surface area contributed by atoms with Crippen LogP contribution in [0.4, 0.5) is 5.69 Å². The van der Waals surface area contributed by atoms with E-state index in [0.717, 1.165) is 27.3 Å². The van der Waals surface area contributed by atoms with Crippen molar-refractivity contribution in [3.8, 4) is 5.75 Å². The first-order valence-corrected chi connectivity index (χ1v) is 15.5. The maximum atomic E-state index is 13.9. The number of sulfonamides is 1. The summed E-state index contributed by atoms with van der Waals surface area (Å²) >= 11 is 0. The highest BCUT2D eigenvalue weighted by atomic mass is 32.2. The Kier molecular flexibility index (Phi) is 10.6. The van der Waals surface area contributed by atoms with Crippen molar-refractivity contribution < 1.29 is 22.7 Å². The summed E-state index contributed by atoms with van der Waals surface area (Å²) in [5.74, 6) is -0.188. The molecular formula is C32H41N3O5S. The number of carbonyl (C=O) groups excluding carboxylic acids is 2. The minimum Gasteiger partial charge on any atom is -0.489 e. The number of hydrogen-bond acceptors (Lipinski definition) is 5. The SMILES string of the molecule is CCC(C(=O)NC(C)(C)C)N(Cc1cccc(C)c1)C(=O)CN(c1ccc(OCc2ccccc2)cc1)S(C)(=O)=O. The Morgan fingerprint density at radius 2 is 1.56 bits per heavy atom. The number of benzene rings is 3. The summed E-state index contributed by atoms with van der Waals surface area (Å²) in [7, 11) is -3.83. The van der Waals surface area contributed by atoms with Crippen molar-refractivity contribution >= 4 is 27.5 Å². The largest absolute Gasteiger partial charge is 0.489 e. The Balaban J connectivity index is 1.87. The average Bonchev–Trinajstić information content (AvgIpc) is 2.89. The molecule has 3 aromatic rings. The van der Waals surface area contributed by atoms with Gasteiger partial charge in [0.2, 0.25) is 21.8 Å². The van der Waals surface area contributed by atoms with Crippen LogP contribution in [0.25, 0.3) is 0 Å². The van der Waals surface area contributed by atoms with Crippen LogP contribution in [0.2, 0.25) is 0 Å². The Bertz CT molecular complexity index is 1420. The fourth-order valence-corrected chi connectivity index (χ4v) is 5.29. The first kappa shape index (κ1) is 31.7. The highest BCUT2D eigenvalue weighted by molar-refractivity contribution is 7.92. The molecule has 0 aliphatic heterocycles. The molecule has 3 rings (SSSR count). The van der Waals surface area contributed by atoms with E-state index in [2.05, 4.69) is 5.32 Å². The van der Waals surface area contributed by atoms with Crippen LogP contribution in [-0.4, -0.2) is 49.5 Å². The molecule has 0 aliphatic rings. The van der Waals surface area contributed by atoms with Gasteiger partial charge in [-0.3, -0.25) is 13.9 Å². The molecule has 0 aromatic heterocycles. The van der Waals surface area contributed by atoms with Crippen LogP contribution < -0.4 is 14.4 Å². The van der Waals surface area contributed by atoms with Crippen LogP contribution in [0.1, 0.15) is 50.8 Å². The maximum Gasteiger partial charge on any atom is 0.244 e. The summed E-state index contributed by atoms with van der Waals surface area (Å²) in [5.41, 5.74) is 2.72. The molecule has 2 amide bonds. The van der Waals surface area contributed by atoms with E-state index in [-0.39, 0.29) is 12.5 Å². The summed E-state index contributed by atoms with van der Waals surface area (Å²) in [6.45, 7) is 9.52. The summed E-state index contributed by atoms with van der Waals surface area (Å²) in [4.78, 5) is 28.6. The van der Waals surface area contributed by atoms with E-state index in [4.69, 9.17) is 4.74 Å². The van der Waals surface area contributed by atoms with Crippen LogP contribution in [0.5, 0.6) is 5.75 Å². The quantitative estimate of drug-likeness (QED) is 0.324. The first-order valence-electron chi connectivity index (χ1n) is 13.7. The van der Waals surface area contributed by atoms with Crippen molar-refractivity contribution in [2.24, 2.45) is 0 Å². The third-order valence-electron chi connectivity index (χ3n) is 6.37. The predicted molar refractivity (Wildman–Crippen MR) is 163 cm³/mol. The van der Waals surface area contributed by atoms with Gasteiger partial charge in [0, 0.05) is 12.1 Å². The number of anilines is 1. The molecule has 0 heterocycles. The molecule has 0 aliphatic carbocycles. The second-order valence-corrected chi connectivity index (χ2v) is 13.1. The highest BCUT2D eigenvalue weighted by Crippen LogP contribution is 2.24. The fraction of sp³-hybridized carbons (Fsp3) is 0.375. The molecule has 0 radical (unpaired) electrons. The molecule has 8 nitrogen and oxygen atoms in total. The summed E-state index contributed by atoms with van der Waals surface area (Å²) in [6.07, 6.45) is 1.43. The van der Waals surface area contributed by atoms with Crippen molar-refractivity contribution in [1.82, 2.24) is 10.2 Å². The second-order valence-electron chi connectivity index (χ2n) is 11.2. The number of amides is 2. The van der Waals surface area contributed by atoms with Gasteiger partial charge in [-0.2, -0.15) is 0 Å². The zero-order chi connectivity index (χ0) is 30.2. The number of aryl methyl sites for hydroxylation is 1. The van der Waals surface area contributed by atoms with Crippen molar-refractivity contribution in [2.75, 3.05) is 17.1 Å². The van der Waals surface area contributed by atoms with Gasteiger partial charge in [0.15, 0.2) is 0 Å². The molecule has 0 fully saturated rings. The zero-order valence-corrected chi connectivity index (χ0v) is 25.6. The number of rotatable bonds is 12. The monoisotopic (exact) mass is 579 g/mol. The van der Waals surface area contributed by atoms with Gasteiger partial charge < -0.3 is 15.0 Å². The second kappa shape index (κ2) is 13.7. The van der Waals surface area contributed by atoms with Gasteiger partial charge in [-0.25, -0.2) is 8.42 Å². The van der Waals surface area contributed by atoms with Gasteiger partial charge in [0.05, 0.1) is 11.9 Å². The van der Waals surface area contributed by atoms with Crippen LogP contribution in [0, 0.1) is 6.92 Å². The number of nitrogens with one attached hydrogen (secondary N) is 1. The van der Waals surface area contributed by atoms with E-state index < -0.39 is 34.1 Å². The Morgan fingerprint density at radius 3 is 2.12 bits per heavy atom. The van der Waals surface area contributed by atoms with E-state index in [1.807, 2.05) is 89.2 Å². The fourth-order valence-electron chi connectivity index (χ4n) is 4.44. The molecule has 0 saturated carbocycles. The summed E-state index contributed by atoms with van der Waals surface area (Å²) in [6, 6.07) is 23.2. The summed E-state index contributed by atoms with van der Waals surface area (Å²) < 4.78 is 32.7. The Labute approximate surface area is 244 Å². The van der Waals surface area contributed by atoms with Crippen LogP contribution >= 0.6 is 0 Å². The molecule has 1 N–H and O–H groups in total. The molecule has 3 aromatic carbocycles. The lowest BCUT2D eigenvalue weighted by Crippen LogP contribution is -2.55. The maximum absolute atomic E-state index is 13.9. The number of ether oxygens (including phenoxy) is 1. The minimum atomic E-state index is -3.83. The molecular weight excluding hydrogens is 538 g/mol. The van der Waals surface area contributed by atoms with Crippen LogP contribution in [0.3, 0.4) is 0 Å². The molecule has 1 unspecified atom stereocenters. The zero-order valence-electron chi connectivity index (χ0n) is 24.8. The lowest BCUT2D eigenvalue weighted by atomic mass is 10.0. The molecule has 41 heavy (non-hydrogen) atoms.